The second-order valence-corrected chi connectivity index (χ2v) is 10.5. The van der Waals surface area contributed by atoms with Gasteiger partial charge in [0.05, 0.1) is 31.2 Å². The Balaban J connectivity index is 1.61. The molecular weight excluding hydrogens is 582 g/mol. The van der Waals surface area contributed by atoms with Gasteiger partial charge in [0.25, 0.3) is 17.7 Å². The van der Waals surface area contributed by atoms with E-state index in [1.807, 2.05) is 29.6 Å². The van der Waals surface area contributed by atoms with Crippen molar-refractivity contribution < 1.29 is 14.4 Å². The second-order valence-electron chi connectivity index (χ2n) is 7.08. The van der Waals surface area contributed by atoms with Gasteiger partial charge in [-0.25, -0.2) is 0 Å². The average molecular weight is 591 g/mol. The molecule has 0 radical (unpaired) electrons. The average Bonchev–Trinajstić information content (AvgIpc) is 3.38. The van der Waals surface area contributed by atoms with Crippen LogP contribution >= 0.6 is 73.7 Å². The summed E-state index contributed by atoms with van der Waals surface area (Å²) < 4.78 is 0.858. The first kappa shape index (κ1) is 22.2. The summed E-state index contributed by atoms with van der Waals surface area (Å²) in [5.41, 5.74) is 0.360. The SMILES string of the molecule is O=C1c2c(Cl)c(Cl)c(Cl)c(Cl)c2C(=O)N1[C@H]1C(=O)N(c2ccc(Br)cc2)[C@H]1c1cccs1. The van der Waals surface area contributed by atoms with Crippen LogP contribution in [0.3, 0.4) is 0 Å². The van der Waals surface area contributed by atoms with Crippen LogP contribution in [0.2, 0.25) is 20.1 Å². The van der Waals surface area contributed by atoms with E-state index < -0.39 is 29.8 Å². The van der Waals surface area contributed by atoms with E-state index in [1.54, 1.807) is 17.0 Å². The van der Waals surface area contributed by atoms with Crippen molar-refractivity contribution in [3.63, 3.8) is 0 Å². The molecule has 162 valence electrons. The lowest BCUT2D eigenvalue weighted by molar-refractivity contribution is -0.130. The third kappa shape index (κ3) is 3.06. The summed E-state index contributed by atoms with van der Waals surface area (Å²) in [5, 5.41) is 1.30. The van der Waals surface area contributed by atoms with Gasteiger partial charge < -0.3 is 0 Å². The van der Waals surface area contributed by atoms with E-state index in [-0.39, 0.29) is 31.2 Å². The Morgan fingerprint density at radius 1 is 0.750 bits per heavy atom. The van der Waals surface area contributed by atoms with Gasteiger partial charge >= 0.3 is 0 Å². The highest BCUT2D eigenvalue weighted by Crippen LogP contribution is 2.49. The summed E-state index contributed by atoms with van der Waals surface area (Å²) in [6.07, 6.45) is 0. The van der Waals surface area contributed by atoms with Crippen LogP contribution in [0.1, 0.15) is 31.6 Å². The van der Waals surface area contributed by atoms with Crippen LogP contribution in [0.4, 0.5) is 5.69 Å². The summed E-state index contributed by atoms with van der Waals surface area (Å²) in [6.45, 7) is 0. The largest absolute Gasteiger partial charge is 0.300 e. The quantitative estimate of drug-likeness (QED) is 0.145. The molecule has 32 heavy (non-hydrogen) atoms. The van der Waals surface area contributed by atoms with Crippen molar-refractivity contribution in [2.45, 2.75) is 12.1 Å². The lowest BCUT2D eigenvalue weighted by Gasteiger charge is -2.49. The highest BCUT2D eigenvalue weighted by atomic mass is 79.9. The first-order valence-corrected chi connectivity index (χ1v) is 12.3. The van der Waals surface area contributed by atoms with Crippen LogP contribution in [-0.4, -0.2) is 28.7 Å². The van der Waals surface area contributed by atoms with Crippen molar-refractivity contribution in [3.8, 4) is 0 Å². The third-order valence-corrected chi connectivity index (χ3v) is 8.69. The molecule has 3 aromatic rings. The Morgan fingerprint density at radius 2 is 1.31 bits per heavy atom. The van der Waals surface area contributed by atoms with Gasteiger partial charge in [0, 0.05) is 15.0 Å². The van der Waals surface area contributed by atoms with Gasteiger partial charge in [0.15, 0.2) is 0 Å². The van der Waals surface area contributed by atoms with Crippen LogP contribution in [0.25, 0.3) is 0 Å². The molecule has 2 aromatic carbocycles. The molecule has 1 aromatic heterocycles. The Bertz CT molecular complexity index is 1270. The molecule has 0 saturated carbocycles. The number of amides is 3. The molecule has 0 unspecified atom stereocenters. The minimum absolute atomic E-state index is 0.119. The highest BCUT2D eigenvalue weighted by Gasteiger charge is 2.58. The van der Waals surface area contributed by atoms with Crippen LogP contribution in [0.5, 0.6) is 0 Å². The maximum absolute atomic E-state index is 13.3. The predicted molar refractivity (Wildman–Crippen MR) is 129 cm³/mol. The Morgan fingerprint density at radius 3 is 1.81 bits per heavy atom. The number of benzene rings is 2. The summed E-state index contributed by atoms with van der Waals surface area (Å²) >= 11 is 29.5. The van der Waals surface area contributed by atoms with Gasteiger partial charge in [-0.2, -0.15) is 0 Å². The molecule has 3 heterocycles. The Labute approximate surface area is 214 Å². The molecule has 2 atom stereocenters. The molecule has 0 N–H and O–H groups in total. The van der Waals surface area contributed by atoms with Crippen molar-refractivity contribution in [2.75, 3.05) is 4.90 Å². The number of thiophene rings is 1. The third-order valence-electron chi connectivity index (χ3n) is 5.42. The number of nitrogens with zero attached hydrogens (tertiary/aromatic N) is 2. The summed E-state index contributed by atoms with van der Waals surface area (Å²) in [5.74, 6) is -1.86. The molecule has 2 aliphatic rings. The molecule has 0 aliphatic carbocycles. The van der Waals surface area contributed by atoms with Gasteiger partial charge in [0.2, 0.25) is 0 Å². The van der Waals surface area contributed by atoms with E-state index in [9.17, 15) is 14.4 Å². The lowest BCUT2D eigenvalue weighted by Crippen LogP contribution is -2.67. The molecule has 1 saturated heterocycles. The normalized spacial score (nSPS) is 20.1. The molecule has 11 heteroatoms. The molecule has 2 aliphatic heterocycles. The molecular formula is C21H9BrCl4N2O3S. The van der Waals surface area contributed by atoms with E-state index in [2.05, 4.69) is 15.9 Å². The van der Waals surface area contributed by atoms with Gasteiger partial charge in [-0.05, 0) is 35.7 Å². The van der Waals surface area contributed by atoms with Crippen LogP contribution < -0.4 is 4.90 Å². The number of carbonyl (C=O) groups is 3. The van der Waals surface area contributed by atoms with Crippen LogP contribution in [0.15, 0.2) is 46.3 Å². The number of hydrogen-bond donors (Lipinski definition) is 0. The van der Waals surface area contributed by atoms with Crippen molar-refractivity contribution in [2.24, 2.45) is 0 Å². The maximum atomic E-state index is 13.3. The Hall–Kier alpha value is -1.61. The van der Waals surface area contributed by atoms with Gasteiger partial charge in [-0.15, -0.1) is 11.3 Å². The monoisotopic (exact) mass is 588 g/mol. The fourth-order valence-corrected chi connectivity index (χ4v) is 6.10. The second kappa shape index (κ2) is 8.01. The molecule has 5 nitrogen and oxygen atoms in total. The number of hydrogen-bond acceptors (Lipinski definition) is 4. The number of β-lactam (4-membered cyclic amide) rings is 1. The number of fused-ring (bicyclic) bond motifs is 1. The van der Waals surface area contributed by atoms with E-state index in [0.717, 1.165) is 14.2 Å². The van der Waals surface area contributed by atoms with Crippen molar-refractivity contribution in [1.82, 2.24) is 4.90 Å². The molecule has 1 fully saturated rings. The number of anilines is 1. The molecule has 0 bridgehead atoms. The summed E-state index contributed by atoms with van der Waals surface area (Å²) in [6, 6.07) is 9.27. The van der Waals surface area contributed by atoms with E-state index in [1.165, 1.54) is 11.3 Å². The highest BCUT2D eigenvalue weighted by molar-refractivity contribution is 9.10. The number of halogens is 5. The Kier molecular flexibility index (Phi) is 5.55. The summed E-state index contributed by atoms with van der Waals surface area (Å²) in [4.78, 5) is 43.3. The van der Waals surface area contributed by atoms with Crippen LogP contribution in [-0.2, 0) is 4.79 Å². The maximum Gasteiger partial charge on any atom is 0.264 e. The zero-order valence-electron chi connectivity index (χ0n) is 15.6. The predicted octanol–water partition coefficient (Wildman–Crippen LogP) is 6.88. The number of rotatable bonds is 3. The van der Waals surface area contributed by atoms with Gasteiger partial charge in [0.1, 0.15) is 12.1 Å². The first-order chi connectivity index (χ1) is 15.2. The number of imide groups is 1. The van der Waals surface area contributed by atoms with Crippen LogP contribution in [0, 0.1) is 0 Å². The molecule has 5 rings (SSSR count). The fourth-order valence-electron chi connectivity index (χ4n) is 3.98. The van der Waals surface area contributed by atoms with Gasteiger partial charge in [-0.1, -0.05) is 68.4 Å². The van der Waals surface area contributed by atoms with E-state index in [0.29, 0.717) is 5.69 Å². The lowest BCUT2D eigenvalue weighted by atomic mass is 9.90. The van der Waals surface area contributed by atoms with E-state index in [4.69, 9.17) is 46.4 Å². The molecule has 0 spiro atoms. The minimum atomic E-state index is -1.06. The van der Waals surface area contributed by atoms with E-state index >= 15 is 0 Å². The molecule has 3 amide bonds. The first-order valence-electron chi connectivity index (χ1n) is 9.10. The smallest absolute Gasteiger partial charge is 0.264 e. The van der Waals surface area contributed by atoms with Gasteiger partial charge in [-0.3, -0.25) is 24.2 Å². The minimum Gasteiger partial charge on any atom is -0.300 e. The number of carbonyl (C=O) groups excluding carboxylic acids is 3. The van der Waals surface area contributed by atoms with Crippen molar-refractivity contribution >= 4 is 97.1 Å². The summed E-state index contributed by atoms with van der Waals surface area (Å²) in [7, 11) is 0. The zero-order chi connectivity index (χ0) is 22.9. The standard InChI is InChI=1S/C21H9BrCl4N2O3S/c22-8-3-5-9(6-4-8)27-17(10-2-1-7-32-10)18(21(27)31)28-19(29)11-12(20(28)30)14(24)16(26)15(25)13(11)23/h1-7,17-18H/t17-,18+/m0/s1. The van der Waals surface area contributed by atoms with Crippen molar-refractivity contribution in [3.05, 3.63) is 82.3 Å². The topological polar surface area (TPSA) is 57.7 Å². The van der Waals surface area contributed by atoms with Crippen molar-refractivity contribution in [1.29, 1.82) is 0 Å². The fraction of sp³-hybridized carbons (Fsp3) is 0.0952. The zero-order valence-corrected chi connectivity index (χ0v) is 21.0.